The minimum Gasteiger partial charge on any atom is -0.508 e. The Balaban J connectivity index is 1.92. The number of nitrogens with zero attached hydrogens (tertiary/aromatic N) is 1. The van der Waals surface area contributed by atoms with Crippen molar-refractivity contribution < 1.29 is 31.9 Å². The van der Waals surface area contributed by atoms with E-state index < -0.39 is 40.4 Å². The number of amides is 1. The highest BCUT2D eigenvalue weighted by molar-refractivity contribution is 6.13. The molecule has 0 spiro atoms. The zero-order valence-corrected chi connectivity index (χ0v) is 15.9. The number of benzene rings is 3. The van der Waals surface area contributed by atoms with Crippen molar-refractivity contribution in [3.63, 3.8) is 0 Å². The Labute approximate surface area is 176 Å². The predicted molar refractivity (Wildman–Crippen MR) is 104 cm³/mol. The van der Waals surface area contributed by atoms with E-state index in [0.717, 1.165) is 24.4 Å². The Morgan fingerprint density at radius 1 is 0.938 bits per heavy atom. The lowest BCUT2D eigenvalue weighted by atomic mass is 9.69. The van der Waals surface area contributed by atoms with Crippen LogP contribution < -0.4 is 5.32 Å². The smallest absolute Gasteiger partial charge is 0.418 e. The highest BCUT2D eigenvalue weighted by atomic mass is 19.4. The number of hydrogen-bond donors (Lipinski definition) is 3. The van der Waals surface area contributed by atoms with Crippen LogP contribution in [-0.2, 0) is 16.4 Å². The molecule has 1 unspecified atom stereocenters. The van der Waals surface area contributed by atoms with Crippen molar-refractivity contribution >= 4 is 22.5 Å². The van der Waals surface area contributed by atoms with Crippen molar-refractivity contribution in [2.45, 2.75) is 11.6 Å². The molecule has 10 heteroatoms. The molecule has 162 valence electrons. The normalized spacial score (nSPS) is 18.1. The number of fused-ring (bicyclic) bond motifs is 2. The van der Waals surface area contributed by atoms with Gasteiger partial charge in [0, 0.05) is 10.9 Å². The van der Waals surface area contributed by atoms with Gasteiger partial charge in [-0.1, -0.05) is 24.3 Å². The molecule has 0 aliphatic carbocycles. The lowest BCUT2D eigenvalue weighted by molar-refractivity contribution is -0.136. The lowest BCUT2D eigenvalue weighted by Gasteiger charge is -2.30. The standard InChI is InChI=1S/C22H12F5N3O2/c23-16-8-7-14-19(17(16)24)29-20(32)21(14,10-1-3-11(31)4-2-10)13-5-6-15(22(25,26)27)18-12(13)9-28-30-18/h1-9,31H,(H,28,30)(H,29,32). The van der Waals surface area contributed by atoms with Crippen LogP contribution in [0.15, 0.2) is 54.7 Å². The third kappa shape index (κ3) is 2.55. The van der Waals surface area contributed by atoms with Gasteiger partial charge in [-0.2, -0.15) is 18.3 Å². The third-order valence-electron chi connectivity index (χ3n) is 5.70. The number of H-pyrrole nitrogens is 1. The van der Waals surface area contributed by atoms with Crippen LogP contribution >= 0.6 is 0 Å². The Morgan fingerprint density at radius 2 is 1.62 bits per heavy atom. The van der Waals surface area contributed by atoms with E-state index >= 15 is 0 Å². The van der Waals surface area contributed by atoms with Crippen molar-refractivity contribution in [1.29, 1.82) is 0 Å². The number of rotatable bonds is 2. The highest BCUT2D eigenvalue weighted by Crippen LogP contribution is 2.51. The third-order valence-corrected chi connectivity index (χ3v) is 5.70. The number of phenols is 1. The fourth-order valence-corrected chi connectivity index (χ4v) is 4.33. The molecule has 5 rings (SSSR count). The molecule has 0 fully saturated rings. The van der Waals surface area contributed by atoms with Gasteiger partial charge in [0.25, 0.3) is 0 Å². The van der Waals surface area contributed by atoms with Gasteiger partial charge in [-0.25, -0.2) is 8.78 Å². The van der Waals surface area contributed by atoms with Crippen LogP contribution in [0.4, 0.5) is 27.6 Å². The van der Waals surface area contributed by atoms with Crippen LogP contribution in [-0.4, -0.2) is 21.2 Å². The van der Waals surface area contributed by atoms with E-state index in [1.165, 1.54) is 30.3 Å². The van der Waals surface area contributed by atoms with E-state index in [-0.39, 0.29) is 33.3 Å². The Hall–Kier alpha value is -3.95. The van der Waals surface area contributed by atoms with Crippen LogP contribution in [0.2, 0.25) is 0 Å². The first kappa shape index (κ1) is 20.0. The number of halogens is 5. The van der Waals surface area contributed by atoms with E-state index in [0.29, 0.717) is 0 Å². The first-order valence-electron chi connectivity index (χ1n) is 9.29. The summed E-state index contributed by atoms with van der Waals surface area (Å²) in [6.07, 6.45) is -3.55. The van der Waals surface area contributed by atoms with Gasteiger partial charge in [-0.15, -0.1) is 0 Å². The average Bonchev–Trinajstić information content (AvgIpc) is 3.33. The van der Waals surface area contributed by atoms with Crippen LogP contribution in [0.3, 0.4) is 0 Å². The van der Waals surface area contributed by atoms with E-state index in [9.17, 15) is 31.9 Å². The number of aromatic hydroxyl groups is 1. The summed E-state index contributed by atoms with van der Waals surface area (Å²) in [6.45, 7) is 0. The number of aromatic amines is 1. The summed E-state index contributed by atoms with van der Waals surface area (Å²) >= 11 is 0. The molecule has 1 amide bonds. The summed E-state index contributed by atoms with van der Waals surface area (Å²) in [4.78, 5) is 13.4. The zero-order valence-electron chi connectivity index (χ0n) is 15.9. The van der Waals surface area contributed by atoms with E-state index in [2.05, 4.69) is 15.5 Å². The monoisotopic (exact) mass is 445 g/mol. The maximum atomic E-state index is 14.6. The molecular formula is C22H12F5N3O2. The molecule has 0 saturated carbocycles. The lowest BCUT2D eigenvalue weighted by Crippen LogP contribution is -2.37. The molecule has 3 N–H and O–H groups in total. The molecule has 2 heterocycles. The topological polar surface area (TPSA) is 78.0 Å². The minimum atomic E-state index is -4.69. The summed E-state index contributed by atoms with van der Waals surface area (Å²) in [7, 11) is 0. The van der Waals surface area contributed by atoms with Crippen molar-refractivity contribution in [3.05, 3.63) is 88.6 Å². The Kier molecular flexibility index (Phi) is 4.07. The quantitative estimate of drug-likeness (QED) is 0.386. The molecule has 0 radical (unpaired) electrons. The average molecular weight is 445 g/mol. The first-order chi connectivity index (χ1) is 15.2. The largest absolute Gasteiger partial charge is 0.508 e. The predicted octanol–water partition coefficient (Wildman–Crippen LogP) is 4.85. The van der Waals surface area contributed by atoms with Crippen molar-refractivity contribution in [2.24, 2.45) is 0 Å². The van der Waals surface area contributed by atoms with Gasteiger partial charge in [0.2, 0.25) is 5.91 Å². The van der Waals surface area contributed by atoms with Crippen molar-refractivity contribution in [3.8, 4) is 5.75 Å². The number of alkyl halides is 3. The number of anilines is 1. The number of nitrogens with one attached hydrogen (secondary N) is 2. The van der Waals surface area contributed by atoms with Gasteiger partial charge in [0.1, 0.15) is 11.2 Å². The summed E-state index contributed by atoms with van der Waals surface area (Å²) in [5.74, 6) is -3.38. The van der Waals surface area contributed by atoms with Crippen LogP contribution in [0.1, 0.15) is 22.3 Å². The Bertz CT molecular complexity index is 1400. The molecule has 1 aromatic heterocycles. The second kappa shape index (κ2) is 6.52. The molecule has 0 bridgehead atoms. The molecule has 3 aromatic carbocycles. The molecule has 32 heavy (non-hydrogen) atoms. The highest BCUT2D eigenvalue weighted by Gasteiger charge is 2.52. The van der Waals surface area contributed by atoms with Gasteiger partial charge < -0.3 is 10.4 Å². The van der Waals surface area contributed by atoms with Gasteiger partial charge in [-0.05, 0) is 35.4 Å². The molecule has 4 aromatic rings. The van der Waals surface area contributed by atoms with Crippen LogP contribution in [0, 0.1) is 11.6 Å². The van der Waals surface area contributed by atoms with Gasteiger partial charge >= 0.3 is 6.18 Å². The summed E-state index contributed by atoms with van der Waals surface area (Å²) in [5.41, 5.74) is -3.23. The maximum Gasteiger partial charge on any atom is 0.418 e. The van der Waals surface area contributed by atoms with E-state index in [1.807, 2.05) is 0 Å². The SMILES string of the molecule is O=C1Nc2c(ccc(F)c2F)C1(c1ccc(O)cc1)c1ccc(C(F)(F)F)c2[nH]ncc12. The van der Waals surface area contributed by atoms with Crippen molar-refractivity contribution in [1.82, 2.24) is 10.2 Å². The zero-order chi connectivity index (χ0) is 22.8. The second-order valence-electron chi connectivity index (χ2n) is 7.35. The second-order valence-corrected chi connectivity index (χ2v) is 7.35. The minimum absolute atomic E-state index is 0.0133. The van der Waals surface area contributed by atoms with Gasteiger partial charge in [-0.3, -0.25) is 9.89 Å². The summed E-state index contributed by atoms with van der Waals surface area (Å²) < 4.78 is 69.1. The van der Waals surface area contributed by atoms with E-state index in [1.54, 1.807) is 0 Å². The molecular weight excluding hydrogens is 433 g/mol. The molecule has 5 nitrogen and oxygen atoms in total. The van der Waals surface area contributed by atoms with Crippen LogP contribution in [0.25, 0.3) is 10.9 Å². The molecule has 0 saturated heterocycles. The fraction of sp³-hybridized carbons (Fsp3) is 0.0909. The summed E-state index contributed by atoms with van der Waals surface area (Å²) in [6, 6.07) is 9.37. The van der Waals surface area contributed by atoms with Crippen molar-refractivity contribution in [2.75, 3.05) is 5.32 Å². The van der Waals surface area contributed by atoms with Crippen LogP contribution in [0.5, 0.6) is 5.75 Å². The molecule has 1 aliphatic rings. The first-order valence-corrected chi connectivity index (χ1v) is 9.29. The summed E-state index contributed by atoms with van der Waals surface area (Å²) in [5, 5.41) is 18.1. The number of hydrogen-bond acceptors (Lipinski definition) is 3. The molecule has 1 atom stereocenters. The molecule has 1 aliphatic heterocycles. The van der Waals surface area contributed by atoms with E-state index in [4.69, 9.17) is 0 Å². The number of aromatic nitrogens is 2. The number of carbonyl (C=O) groups is 1. The van der Waals surface area contributed by atoms with Gasteiger partial charge in [0.15, 0.2) is 11.6 Å². The number of carbonyl (C=O) groups excluding carboxylic acids is 1. The number of phenolic OH excluding ortho intramolecular Hbond substituents is 1. The Morgan fingerprint density at radius 3 is 2.31 bits per heavy atom. The fourth-order valence-electron chi connectivity index (χ4n) is 4.33. The van der Waals surface area contributed by atoms with Gasteiger partial charge in [0.05, 0.1) is 23.0 Å². The maximum absolute atomic E-state index is 14.6.